The number of aliphatic hydroxyl groups is 1. The van der Waals surface area contributed by atoms with Gasteiger partial charge in [0, 0.05) is 26.7 Å². The van der Waals surface area contributed by atoms with Crippen LogP contribution in [0.4, 0.5) is 0 Å². The van der Waals surface area contributed by atoms with Crippen LogP contribution in [-0.4, -0.2) is 36.1 Å². The van der Waals surface area contributed by atoms with Gasteiger partial charge >= 0.3 is 0 Å². The third kappa shape index (κ3) is 4.59. The lowest BCUT2D eigenvalue weighted by Crippen LogP contribution is -2.33. The van der Waals surface area contributed by atoms with Crippen molar-refractivity contribution in [1.29, 1.82) is 0 Å². The lowest BCUT2D eigenvalue weighted by molar-refractivity contribution is -0.126. The SMILES string of the molecule is C=C(NCc1ccccc1)C(=O)N(C)CCCO. The number of hydrogen-bond acceptors (Lipinski definition) is 3. The number of aliphatic hydroxyl groups excluding tert-OH is 1. The van der Waals surface area contributed by atoms with Crippen LogP contribution in [0.2, 0.25) is 0 Å². The molecule has 0 atom stereocenters. The van der Waals surface area contributed by atoms with Crippen LogP contribution < -0.4 is 5.32 Å². The standard InChI is InChI=1S/C14H20N2O2/c1-12(14(18)16(2)9-6-10-17)15-11-13-7-4-3-5-8-13/h3-5,7-8,15,17H,1,6,9-11H2,2H3. The number of carbonyl (C=O) groups excluding carboxylic acids is 1. The van der Waals surface area contributed by atoms with E-state index in [-0.39, 0.29) is 12.5 Å². The molecule has 98 valence electrons. The zero-order chi connectivity index (χ0) is 13.4. The second-order valence-electron chi connectivity index (χ2n) is 4.12. The van der Waals surface area contributed by atoms with E-state index in [2.05, 4.69) is 11.9 Å². The smallest absolute Gasteiger partial charge is 0.269 e. The summed E-state index contributed by atoms with van der Waals surface area (Å²) in [6, 6.07) is 9.83. The highest BCUT2D eigenvalue weighted by atomic mass is 16.3. The second-order valence-corrected chi connectivity index (χ2v) is 4.12. The largest absolute Gasteiger partial charge is 0.396 e. The van der Waals surface area contributed by atoms with E-state index in [1.54, 1.807) is 11.9 Å². The number of nitrogens with one attached hydrogen (secondary N) is 1. The second kappa shape index (κ2) is 7.50. The molecule has 4 heteroatoms. The molecule has 0 aliphatic carbocycles. The molecule has 0 bridgehead atoms. The molecule has 0 heterocycles. The van der Waals surface area contributed by atoms with Crippen molar-refractivity contribution in [3.8, 4) is 0 Å². The average molecular weight is 248 g/mol. The Kier molecular flexibility index (Phi) is 5.94. The van der Waals surface area contributed by atoms with Crippen LogP contribution in [0.25, 0.3) is 0 Å². The fraction of sp³-hybridized carbons (Fsp3) is 0.357. The van der Waals surface area contributed by atoms with Gasteiger partial charge in [-0.2, -0.15) is 0 Å². The summed E-state index contributed by atoms with van der Waals surface area (Å²) in [5, 5.41) is 11.7. The topological polar surface area (TPSA) is 52.6 Å². The van der Waals surface area contributed by atoms with Crippen LogP contribution >= 0.6 is 0 Å². The van der Waals surface area contributed by atoms with Crippen LogP contribution in [0.15, 0.2) is 42.6 Å². The summed E-state index contributed by atoms with van der Waals surface area (Å²) >= 11 is 0. The molecular weight excluding hydrogens is 228 g/mol. The molecular formula is C14H20N2O2. The van der Waals surface area contributed by atoms with E-state index < -0.39 is 0 Å². The Bertz CT molecular complexity index is 390. The predicted molar refractivity (Wildman–Crippen MR) is 71.8 cm³/mol. The van der Waals surface area contributed by atoms with Gasteiger partial charge < -0.3 is 15.3 Å². The molecule has 0 saturated heterocycles. The highest BCUT2D eigenvalue weighted by Gasteiger charge is 2.11. The average Bonchev–Trinajstić information content (AvgIpc) is 2.42. The van der Waals surface area contributed by atoms with E-state index in [9.17, 15) is 4.79 Å². The summed E-state index contributed by atoms with van der Waals surface area (Å²) < 4.78 is 0. The Morgan fingerprint density at radius 2 is 2.06 bits per heavy atom. The molecule has 1 amide bonds. The van der Waals surface area contributed by atoms with E-state index in [1.165, 1.54) is 0 Å². The number of nitrogens with zero attached hydrogens (tertiary/aromatic N) is 1. The van der Waals surface area contributed by atoms with E-state index in [4.69, 9.17) is 5.11 Å². The third-order valence-corrected chi connectivity index (χ3v) is 2.61. The van der Waals surface area contributed by atoms with Gasteiger partial charge in [-0.1, -0.05) is 36.9 Å². The molecule has 1 aromatic rings. The van der Waals surface area contributed by atoms with Crippen molar-refractivity contribution in [3.63, 3.8) is 0 Å². The summed E-state index contributed by atoms with van der Waals surface area (Å²) in [5.41, 5.74) is 1.48. The Labute approximate surface area is 108 Å². The van der Waals surface area contributed by atoms with E-state index in [0.29, 0.717) is 25.2 Å². The quantitative estimate of drug-likeness (QED) is 0.711. The maximum Gasteiger partial charge on any atom is 0.269 e. The number of hydrogen-bond donors (Lipinski definition) is 2. The van der Waals surface area contributed by atoms with Gasteiger partial charge in [-0.15, -0.1) is 0 Å². The van der Waals surface area contributed by atoms with Gasteiger partial charge in [0.2, 0.25) is 0 Å². The lowest BCUT2D eigenvalue weighted by Gasteiger charge is -2.18. The Morgan fingerprint density at radius 1 is 1.39 bits per heavy atom. The normalized spacial score (nSPS) is 9.89. The molecule has 0 aromatic heterocycles. The number of amides is 1. The van der Waals surface area contributed by atoms with Gasteiger partial charge in [0.1, 0.15) is 0 Å². The van der Waals surface area contributed by atoms with E-state index in [0.717, 1.165) is 5.56 Å². The lowest BCUT2D eigenvalue weighted by atomic mass is 10.2. The minimum atomic E-state index is -0.139. The molecule has 0 saturated carbocycles. The Morgan fingerprint density at radius 3 is 2.67 bits per heavy atom. The van der Waals surface area contributed by atoms with Crippen molar-refractivity contribution >= 4 is 5.91 Å². The first kappa shape index (κ1) is 14.3. The Balaban J connectivity index is 2.38. The zero-order valence-corrected chi connectivity index (χ0v) is 10.7. The van der Waals surface area contributed by atoms with Crippen LogP contribution in [-0.2, 0) is 11.3 Å². The van der Waals surface area contributed by atoms with Crippen LogP contribution in [0.5, 0.6) is 0 Å². The van der Waals surface area contributed by atoms with Crippen molar-refractivity contribution in [2.24, 2.45) is 0 Å². The maximum atomic E-state index is 11.9. The highest BCUT2D eigenvalue weighted by Crippen LogP contribution is 2.01. The zero-order valence-electron chi connectivity index (χ0n) is 10.7. The first-order valence-electron chi connectivity index (χ1n) is 5.98. The minimum Gasteiger partial charge on any atom is -0.396 e. The van der Waals surface area contributed by atoms with Gasteiger partial charge in [0.25, 0.3) is 5.91 Å². The molecule has 0 aliphatic rings. The number of carbonyl (C=O) groups is 1. The molecule has 0 fully saturated rings. The fourth-order valence-electron chi connectivity index (χ4n) is 1.52. The highest BCUT2D eigenvalue weighted by molar-refractivity contribution is 5.91. The summed E-state index contributed by atoms with van der Waals surface area (Å²) in [7, 11) is 1.70. The number of rotatable bonds is 7. The van der Waals surface area contributed by atoms with Crippen LogP contribution in [0.3, 0.4) is 0 Å². The van der Waals surface area contributed by atoms with Crippen molar-refractivity contribution < 1.29 is 9.90 Å². The van der Waals surface area contributed by atoms with Crippen LogP contribution in [0.1, 0.15) is 12.0 Å². The summed E-state index contributed by atoms with van der Waals surface area (Å²) in [4.78, 5) is 13.4. The number of benzene rings is 1. The van der Waals surface area contributed by atoms with Crippen molar-refractivity contribution in [1.82, 2.24) is 10.2 Å². The van der Waals surface area contributed by atoms with Gasteiger partial charge in [0.15, 0.2) is 0 Å². The molecule has 18 heavy (non-hydrogen) atoms. The summed E-state index contributed by atoms with van der Waals surface area (Å²) in [6.07, 6.45) is 0.578. The fourth-order valence-corrected chi connectivity index (χ4v) is 1.52. The van der Waals surface area contributed by atoms with Crippen molar-refractivity contribution in [3.05, 3.63) is 48.2 Å². The predicted octanol–water partition coefficient (Wildman–Crippen LogP) is 1.13. The molecule has 1 rings (SSSR count). The number of likely N-dealkylation sites (N-methyl/N-ethyl adjacent to an activating group) is 1. The van der Waals surface area contributed by atoms with Crippen molar-refractivity contribution in [2.75, 3.05) is 20.2 Å². The van der Waals surface area contributed by atoms with E-state index in [1.807, 2.05) is 30.3 Å². The molecule has 4 nitrogen and oxygen atoms in total. The van der Waals surface area contributed by atoms with Crippen molar-refractivity contribution in [2.45, 2.75) is 13.0 Å². The summed E-state index contributed by atoms with van der Waals surface area (Å²) in [6.45, 7) is 4.93. The molecule has 0 unspecified atom stereocenters. The van der Waals surface area contributed by atoms with Gasteiger partial charge in [0.05, 0.1) is 5.70 Å². The maximum absolute atomic E-state index is 11.9. The molecule has 1 aromatic carbocycles. The third-order valence-electron chi connectivity index (χ3n) is 2.61. The molecule has 2 N–H and O–H groups in total. The molecule has 0 aliphatic heterocycles. The van der Waals surface area contributed by atoms with Gasteiger partial charge in [-0.05, 0) is 12.0 Å². The summed E-state index contributed by atoms with van der Waals surface area (Å²) in [5.74, 6) is -0.139. The van der Waals surface area contributed by atoms with Crippen LogP contribution in [0, 0.1) is 0 Å². The monoisotopic (exact) mass is 248 g/mol. The van der Waals surface area contributed by atoms with Gasteiger partial charge in [-0.25, -0.2) is 0 Å². The molecule has 0 radical (unpaired) electrons. The van der Waals surface area contributed by atoms with E-state index >= 15 is 0 Å². The Hall–Kier alpha value is -1.81. The molecule has 0 spiro atoms. The first-order valence-corrected chi connectivity index (χ1v) is 5.98. The first-order chi connectivity index (χ1) is 8.65. The minimum absolute atomic E-state index is 0.0849. The van der Waals surface area contributed by atoms with Gasteiger partial charge in [-0.3, -0.25) is 4.79 Å².